The second kappa shape index (κ2) is 4.29. The summed E-state index contributed by atoms with van der Waals surface area (Å²) in [6, 6.07) is 0. The zero-order valence-electron chi connectivity index (χ0n) is 7.68. The molecule has 1 aliphatic rings. The Morgan fingerprint density at radius 1 is 1.54 bits per heavy atom. The lowest BCUT2D eigenvalue weighted by Gasteiger charge is -2.33. The normalized spacial score (nSPS) is 20.5. The van der Waals surface area contributed by atoms with Crippen LogP contribution in [0.25, 0.3) is 0 Å². The van der Waals surface area contributed by atoms with Crippen molar-refractivity contribution in [3.63, 3.8) is 0 Å². The van der Waals surface area contributed by atoms with Crippen molar-refractivity contribution in [1.82, 2.24) is 5.32 Å². The van der Waals surface area contributed by atoms with Crippen molar-refractivity contribution in [2.75, 3.05) is 13.1 Å². The van der Waals surface area contributed by atoms with Crippen LogP contribution in [0.4, 0.5) is 0 Å². The molecule has 0 radical (unpaired) electrons. The zero-order valence-corrected chi connectivity index (χ0v) is 7.68. The van der Waals surface area contributed by atoms with Crippen LogP contribution in [-0.2, 0) is 4.79 Å². The van der Waals surface area contributed by atoms with Gasteiger partial charge in [-0.15, -0.1) is 12.3 Å². The number of aliphatic carboxylic acids is 1. The molecule has 1 saturated heterocycles. The summed E-state index contributed by atoms with van der Waals surface area (Å²) in [5, 5.41) is 12.3. The number of hydrogen-bond acceptors (Lipinski definition) is 2. The minimum absolute atomic E-state index is 0.558. The molecule has 0 aromatic heterocycles. The van der Waals surface area contributed by atoms with Crippen LogP contribution in [-0.4, -0.2) is 24.2 Å². The van der Waals surface area contributed by atoms with E-state index in [1.165, 1.54) is 0 Å². The smallest absolute Gasteiger partial charge is 0.309 e. The van der Waals surface area contributed by atoms with Crippen LogP contribution in [0.2, 0.25) is 0 Å². The molecule has 0 unspecified atom stereocenters. The number of hydrogen-bond donors (Lipinski definition) is 2. The maximum Gasteiger partial charge on any atom is 0.309 e. The molecule has 3 nitrogen and oxygen atoms in total. The minimum Gasteiger partial charge on any atom is -0.481 e. The molecule has 13 heavy (non-hydrogen) atoms. The molecule has 1 fully saturated rings. The number of carboxylic acid groups (broad SMARTS) is 1. The number of nitrogens with one attached hydrogen (secondary N) is 1. The number of carbonyl (C=O) groups is 1. The predicted molar refractivity (Wildman–Crippen MR) is 50.2 cm³/mol. The van der Waals surface area contributed by atoms with Gasteiger partial charge in [0.2, 0.25) is 0 Å². The fourth-order valence-corrected chi connectivity index (χ4v) is 1.79. The third-order valence-electron chi connectivity index (χ3n) is 2.76. The molecule has 0 bridgehead atoms. The molecule has 0 amide bonds. The van der Waals surface area contributed by atoms with E-state index in [1.807, 2.05) is 0 Å². The molecular formula is C10H15NO2. The molecule has 2 N–H and O–H groups in total. The molecule has 0 aliphatic carbocycles. The van der Waals surface area contributed by atoms with Gasteiger partial charge in [-0.3, -0.25) is 4.79 Å². The molecule has 72 valence electrons. The Kier molecular flexibility index (Phi) is 3.32. The van der Waals surface area contributed by atoms with Gasteiger partial charge in [-0.25, -0.2) is 0 Å². The van der Waals surface area contributed by atoms with Crippen molar-refractivity contribution < 1.29 is 9.90 Å². The van der Waals surface area contributed by atoms with Crippen molar-refractivity contribution in [1.29, 1.82) is 0 Å². The monoisotopic (exact) mass is 181 g/mol. The van der Waals surface area contributed by atoms with Crippen molar-refractivity contribution >= 4 is 5.97 Å². The lowest BCUT2D eigenvalue weighted by atomic mass is 9.75. The SMILES string of the molecule is C#CCCC1(C(=O)O)CCNCC1. The first-order valence-corrected chi connectivity index (χ1v) is 4.59. The second-order valence-electron chi connectivity index (χ2n) is 3.54. The van der Waals surface area contributed by atoms with Crippen LogP contribution in [0, 0.1) is 17.8 Å². The Morgan fingerprint density at radius 2 is 2.15 bits per heavy atom. The summed E-state index contributed by atoms with van der Waals surface area (Å²) in [6.07, 6.45) is 7.72. The first-order valence-electron chi connectivity index (χ1n) is 4.59. The van der Waals surface area contributed by atoms with E-state index in [9.17, 15) is 4.79 Å². The van der Waals surface area contributed by atoms with Gasteiger partial charge in [0.15, 0.2) is 0 Å². The van der Waals surface area contributed by atoms with Gasteiger partial charge in [0, 0.05) is 6.42 Å². The van der Waals surface area contributed by atoms with Gasteiger partial charge in [0.05, 0.1) is 5.41 Å². The van der Waals surface area contributed by atoms with Crippen LogP contribution in [0.3, 0.4) is 0 Å². The number of terminal acetylenes is 1. The molecule has 0 spiro atoms. The largest absolute Gasteiger partial charge is 0.481 e. The highest BCUT2D eigenvalue weighted by Gasteiger charge is 2.38. The Hall–Kier alpha value is -1.01. The summed E-state index contributed by atoms with van der Waals surface area (Å²) >= 11 is 0. The minimum atomic E-state index is -0.691. The highest BCUT2D eigenvalue weighted by Crippen LogP contribution is 2.33. The standard InChI is InChI=1S/C10H15NO2/c1-2-3-4-10(9(12)13)5-7-11-8-6-10/h1,11H,3-8H2,(H,12,13). The van der Waals surface area contributed by atoms with E-state index in [2.05, 4.69) is 11.2 Å². The summed E-state index contributed by atoms with van der Waals surface area (Å²) in [5.74, 6) is 1.82. The van der Waals surface area contributed by atoms with Crippen LogP contribution < -0.4 is 5.32 Å². The van der Waals surface area contributed by atoms with Gasteiger partial charge in [0.25, 0.3) is 0 Å². The predicted octanol–water partition coefficient (Wildman–Crippen LogP) is 0.854. The Morgan fingerprint density at radius 3 is 2.62 bits per heavy atom. The van der Waals surface area contributed by atoms with E-state index in [0.717, 1.165) is 13.1 Å². The Bertz CT molecular complexity index is 224. The maximum absolute atomic E-state index is 11.1. The quantitative estimate of drug-likeness (QED) is 0.635. The van der Waals surface area contributed by atoms with Crippen molar-refractivity contribution in [2.24, 2.45) is 5.41 Å². The van der Waals surface area contributed by atoms with E-state index < -0.39 is 11.4 Å². The van der Waals surface area contributed by atoms with E-state index >= 15 is 0 Å². The van der Waals surface area contributed by atoms with Crippen molar-refractivity contribution in [3.05, 3.63) is 0 Å². The molecule has 1 heterocycles. The van der Waals surface area contributed by atoms with Gasteiger partial charge in [-0.05, 0) is 32.4 Å². The third-order valence-corrected chi connectivity index (χ3v) is 2.76. The van der Waals surface area contributed by atoms with Gasteiger partial charge < -0.3 is 10.4 Å². The molecule has 0 aromatic rings. The molecule has 0 atom stereocenters. The summed E-state index contributed by atoms with van der Waals surface area (Å²) < 4.78 is 0. The van der Waals surface area contributed by atoms with E-state index in [0.29, 0.717) is 25.7 Å². The van der Waals surface area contributed by atoms with E-state index in [4.69, 9.17) is 11.5 Å². The topological polar surface area (TPSA) is 49.3 Å². The summed E-state index contributed by atoms with van der Waals surface area (Å²) in [5.41, 5.74) is -0.558. The number of carboxylic acids is 1. The van der Waals surface area contributed by atoms with Gasteiger partial charge >= 0.3 is 5.97 Å². The lowest BCUT2D eigenvalue weighted by Crippen LogP contribution is -2.42. The average molecular weight is 181 g/mol. The highest BCUT2D eigenvalue weighted by atomic mass is 16.4. The molecule has 0 saturated carbocycles. The first-order chi connectivity index (χ1) is 6.21. The zero-order chi connectivity index (χ0) is 9.73. The molecular weight excluding hydrogens is 166 g/mol. The van der Waals surface area contributed by atoms with Crippen LogP contribution in [0.5, 0.6) is 0 Å². The number of rotatable bonds is 3. The maximum atomic E-state index is 11.1. The fraction of sp³-hybridized carbons (Fsp3) is 0.700. The molecule has 1 aliphatic heterocycles. The fourth-order valence-electron chi connectivity index (χ4n) is 1.79. The second-order valence-corrected chi connectivity index (χ2v) is 3.54. The third kappa shape index (κ3) is 2.22. The molecule has 0 aromatic carbocycles. The summed E-state index contributed by atoms with van der Waals surface area (Å²) in [4.78, 5) is 11.1. The number of piperidine rings is 1. The van der Waals surface area contributed by atoms with Crippen LogP contribution >= 0.6 is 0 Å². The van der Waals surface area contributed by atoms with Crippen molar-refractivity contribution in [2.45, 2.75) is 25.7 Å². The molecule has 1 rings (SSSR count). The van der Waals surface area contributed by atoms with Gasteiger partial charge in [-0.1, -0.05) is 0 Å². The van der Waals surface area contributed by atoms with E-state index in [1.54, 1.807) is 0 Å². The highest BCUT2D eigenvalue weighted by molar-refractivity contribution is 5.74. The first kappa shape index (κ1) is 10.1. The van der Waals surface area contributed by atoms with Crippen LogP contribution in [0.15, 0.2) is 0 Å². The van der Waals surface area contributed by atoms with Crippen LogP contribution in [0.1, 0.15) is 25.7 Å². The van der Waals surface area contributed by atoms with Crippen molar-refractivity contribution in [3.8, 4) is 12.3 Å². The van der Waals surface area contributed by atoms with Gasteiger partial charge in [-0.2, -0.15) is 0 Å². The molecule has 3 heteroatoms. The lowest BCUT2D eigenvalue weighted by molar-refractivity contribution is -0.151. The Labute approximate surface area is 78.5 Å². The van der Waals surface area contributed by atoms with E-state index in [-0.39, 0.29) is 0 Å². The Balaban J connectivity index is 2.62. The van der Waals surface area contributed by atoms with Gasteiger partial charge in [0.1, 0.15) is 0 Å². The summed E-state index contributed by atoms with van der Waals surface area (Å²) in [7, 11) is 0. The summed E-state index contributed by atoms with van der Waals surface area (Å²) in [6.45, 7) is 1.58. The average Bonchev–Trinajstić information content (AvgIpc) is 2.16.